The van der Waals surface area contributed by atoms with Crippen molar-refractivity contribution in [1.82, 2.24) is 40.1 Å². The highest BCUT2D eigenvalue weighted by Crippen LogP contribution is 2.45. The van der Waals surface area contributed by atoms with Crippen molar-refractivity contribution < 1.29 is 9.63 Å². The number of aryl methyl sites for hydroxylation is 1. The van der Waals surface area contributed by atoms with Crippen molar-refractivity contribution in [3.63, 3.8) is 0 Å². The number of hydrogen-bond acceptors (Lipinski definition) is 8. The lowest BCUT2D eigenvalue weighted by Gasteiger charge is -2.32. The molecule has 0 radical (unpaired) electrons. The lowest BCUT2D eigenvalue weighted by atomic mass is 9.85. The molecule has 0 unspecified atom stereocenters. The third-order valence-corrected chi connectivity index (χ3v) is 10.2. The summed E-state index contributed by atoms with van der Waals surface area (Å²) >= 11 is 0. The van der Waals surface area contributed by atoms with Crippen LogP contribution in [-0.4, -0.2) is 71.7 Å². The molecule has 3 aliphatic heterocycles. The van der Waals surface area contributed by atoms with Gasteiger partial charge in [0.2, 0.25) is 5.82 Å². The van der Waals surface area contributed by atoms with Gasteiger partial charge in [0.1, 0.15) is 5.82 Å². The van der Waals surface area contributed by atoms with E-state index in [1.165, 1.54) is 0 Å². The molecule has 2 atom stereocenters. The van der Waals surface area contributed by atoms with E-state index in [2.05, 4.69) is 51.8 Å². The number of nitrogens with one attached hydrogen (secondary N) is 1. The molecule has 5 heterocycles. The molecule has 1 N–H and O–H groups in total. The summed E-state index contributed by atoms with van der Waals surface area (Å²) in [4.78, 5) is 42.2. The number of aromatic nitrogens is 6. The zero-order chi connectivity index (χ0) is 32.7. The summed E-state index contributed by atoms with van der Waals surface area (Å²) in [6.07, 6.45) is 7.33. The maximum Gasteiger partial charge on any atom is 0.261 e. The van der Waals surface area contributed by atoms with Crippen molar-refractivity contribution in [2.75, 3.05) is 19.6 Å². The summed E-state index contributed by atoms with van der Waals surface area (Å²) in [7, 11) is 0. The number of H-pyrrole nitrogens is 1. The van der Waals surface area contributed by atoms with Crippen LogP contribution in [0.15, 0.2) is 71.5 Å². The van der Waals surface area contributed by atoms with Crippen LogP contribution in [0.3, 0.4) is 0 Å². The Labute approximate surface area is 278 Å². The molecule has 246 valence electrons. The topological polar surface area (TPSA) is 122 Å². The van der Waals surface area contributed by atoms with Gasteiger partial charge in [-0.2, -0.15) is 10.3 Å². The molecule has 11 nitrogen and oxygen atoms in total. The molecule has 3 aromatic carbocycles. The summed E-state index contributed by atoms with van der Waals surface area (Å²) in [6, 6.07) is 22.2. The normalized spacial score (nSPS) is 20.9. The Morgan fingerprint density at radius 1 is 1.00 bits per heavy atom. The number of aromatic amines is 1. The fourth-order valence-electron chi connectivity index (χ4n) is 7.68. The van der Waals surface area contributed by atoms with Gasteiger partial charge in [0.15, 0.2) is 5.60 Å². The van der Waals surface area contributed by atoms with Crippen LogP contribution in [0.2, 0.25) is 0 Å². The maximum atomic E-state index is 14.4. The number of fused-ring (bicyclic) bond motifs is 2. The standard InChI is InChI=1S/C37H40N8O3/c1-2-3-12-33-38-32-18-17-27(37(36(47)43-19-6-7-20-43)23-28-9-8-21-45(28)48-37)22-31(32)35(46)44(33)24-25-13-15-26(16-14-25)29-10-4-5-11-30(29)34-39-41-42-40-34/h4-5,10-11,13-18,22,28H,2-3,6-9,12,19-21,23-24H2,1H3,(H,39,40,41,42)/t28-,37-/m1/s1. The van der Waals surface area contributed by atoms with E-state index < -0.39 is 5.60 Å². The van der Waals surface area contributed by atoms with E-state index in [9.17, 15) is 9.59 Å². The lowest BCUT2D eigenvalue weighted by molar-refractivity contribution is -0.209. The molecular formula is C37H40N8O3. The number of hydroxylamine groups is 2. The molecule has 2 aromatic heterocycles. The predicted octanol–water partition coefficient (Wildman–Crippen LogP) is 5.25. The highest BCUT2D eigenvalue weighted by Gasteiger charge is 2.55. The van der Waals surface area contributed by atoms with Gasteiger partial charge in [-0.3, -0.25) is 19.0 Å². The van der Waals surface area contributed by atoms with Gasteiger partial charge >= 0.3 is 0 Å². The summed E-state index contributed by atoms with van der Waals surface area (Å²) in [6.45, 7) is 4.86. The highest BCUT2D eigenvalue weighted by atomic mass is 16.7. The lowest BCUT2D eigenvalue weighted by Crippen LogP contribution is -2.46. The molecule has 0 spiro atoms. The highest BCUT2D eigenvalue weighted by molar-refractivity contribution is 5.89. The van der Waals surface area contributed by atoms with Crippen LogP contribution in [0.4, 0.5) is 0 Å². The van der Waals surface area contributed by atoms with Gasteiger partial charge in [-0.25, -0.2) is 4.98 Å². The molecule has 3 saturated heterocycles. The van der Waals surface area contributed by atoms with Crippen molar-refractivity contribution in [3.05, 3.63) is 94.0 Å². The number of amides is 1. The third kappa shape index (κ3) is 5.40. The second kappa shape index (κ2) is 12.7. The Bertz CT molecular complexity index is 1990. The fraction of sp³-hybridized carbons (Fsp3) is 0.405. The van der Waals surface area contributed by atoms with Crippen LogP contribution < -0.4 is 5.56 Å². The first-order valence-corrected chi connectivity index (χ1v) is 17.3. The number of carbonyl (C=O) groups is 1. The minimum atomic E-state index is -1.12. The SMILES string of the molecule is CCCCc1nc2ccc([C@@]3(C(=O)N4CCCC4)C[C@H]4CCCN4O3)cc2c(=O)n1Cc1ccc(-c2ccccc2-c2nn[nH]n2)cc1. The van der Waals surface area contributed by atoms with Gasteiger partial charge in [-0.15, -0.1) is 10.2 Å². The first-order chi connectivity index (χ1) is 23.5. The second-order valence-corrected chi connectivity index (χ2v) is 13.3. The van der Waals surface area contributed by atoms with Gasteiger partial charge < -0.3 is 4.90 Å². The van der Waals surface area contributed by atoms with Crippen LogP contribution in [0, 0.1) is 0 Å². The largest absolute Gasteiger partial charge is 0.340 e. The number of rotatable bonds is 9. The molecule has 5 aromatic rings. The molecule has 3 fully saturated rings. The monoisotopic (exact) mass is 644 g/mol. The number of likely N-dealkylation sites (tertiary alicyclic amines) is 1. The van der Waals surface area contributed by atoms with E-state index in [0.717, 1.165) is 91.8 Å². The van der Waals surface area contributed by atoms with Crippen molar-refractivity contribution in [1.29, 1.82) is 0 Å². The number of carbonyl (C=O) groups excluding carboxylic acids is 1. The Kier molecular flexibility index (Phi) is 8.09. The maximum absolute atomic E-state index is 14.4. The Balaban J connectivity index is 1.16. The van der Waals surface area contributed by atoms with E-state index in [0.29, 0.717) is 36.1 Å². The molecule has 0 bridgehead atoms. The molecule has 3 aliphatic rings. The number of tetrazole rings is 1. The van der Waals surface area contributed by atoms with E-state index in [-0.39, 0.29) is 17.5 Å². The van der Waals surface area contributed by atoms with Crippen LogP contribution in [0.5, 0.6) is 0 Å². The van der Waals surface area contributed by atoms with E-state index in [4.69, 9.17) is 9.82 Å². The Hall–Kier alpha value is -4.74. The number of nitrogens with zero attached hydrogens (tertiary/aromatic N) is 7. The summed E-state index contributed by atoms with van der Waals surface area (Å²) in [5.74, 6) is 1.33. The van der Waals surface area contributed by atoms with Gasteiger partial charge in [-0.05, 0) is 71.7 Å². The number of benzene rings is 3. The third-order valence-electron chi connectivity index (χ3n) is 10.2. The molecule has 48 heavy (non-hydrogen) atoms. The first kappa shape index (κ1) is 30.6. The Morgan fingerprint density at radius 2 is 1.81 bits per heavy atom. The molecule has 1 amide bonds. The average molecular weight is 645 g/mol. The fourth-order valence-corrected chi connectivity index (χ4v) is 7.68. The molecule has 8 rings (SSSR count). The molecule has 0 aliphatic carbocycles. The van der Waals surface area contributed by atoms with Crippen molar-refractivity contribution in [3.8, 4) is 22.5 Å². The van der Waals surface area contributed by atoms with E-state index in [1.807, 2.05) is 57.0 Å². The van der Waals surface area contributed by atoms with Gasteiger partial charge in [0, 0.05) is 44.1 Å². The smallest absolute Gasteiger partial charge is 0.261 e. The molecule has 11 heteroatoms. The quantitative estimate of drug-likeness (QED) is 0.231. The van der Waals surface area contributed by atoms with Gasteiger partial charge in [-0.1, -0.05) is 67.9 Å². The van der Waals surface area contributed by atoms with Crippen molar-refractivity contribution in [2.45, 2.75) is 76.5 Å². The minimum absolute atomic E-state index is 0.0163. The Morgan fingerprint density at radius 3 is 2.56 bits per heavy atom. The van der Waals surface area contributed by atoms with Crippen LogP contribution in [0.1, 0.15) is 68.8 Å². The second-order valence-electron chi connectivity index (χ2n) is 13.3. The van der Waals surface area contributed by atoms with E-state index in [1.54, 1.807) is 0 Å². The summed E-state index contributed by atoms with van der Waals surface area (Å²) in [5, 5.41) is 17.1. The number of unbranched alkanes of at least 4 members (excludes halogenated alkanes) is 1. The first-order valence-electron chi connectivity index (χ1n) is 17.3. The predicted molar refractivity (Wildman–Crippen MR) is 182 cm³/mol. The molecular weight excluding hydrogens is 604 g/mol. The zero-order valence-corrected chi connectivity index (χ0v) is 27.3. The van der Waals surface area contributed by atoms with Gasteiger partial charge in [0.05, 0.1) is 17.4 Å². The van der Waals surface area contributed by atoms with Crippen LogP contribution in [0.25, 0.3) is 33.4 Å². The van der Waals surface area contributed by atoms with Crippen molar-refractivity contribution in [2.24, 2.45) is 0 Å². The van der Waals surface area contributed by atoms with Crippen LogP contribution in [-0.2, 0) is 28.2 Å². The number of hydrogen-bond donors (Lipinski definition) is 1. The summed E-state index contributed by atoms with van der Waals surface area (Å²) in [5.41, 5.74) is 4.09. The minimum Gasteiger partial charge on any atom is -0.340 e. The van der Waals surface area contributed by atoms with E-state index >= 15 is 0 Å². The average Bonchev–Trinajstić information content (AvgIpc) is 3.95. The summed E-state index contributed by atoms with van der Waals surface area (Å²) < 4.78 is 1.81. The zero-order valence-electron chi connectivity index (χ0n) is 27.3. The van der Waals surface area contributed by atoms with Crippen molar-refractivity contribution >= 4 is 16.8 Å². The van der Waals surface area contributed by atoms with Gasteiger partial charge in [0.25, 0.3) is 11.5 Å². The van der Waals surface area contributed by atoms with Crippen LogP contribution >= 0.6 is 0 Å². The molecule has 0 saturated carbocycles.